The molecule has 0 rings (SSSR count). The lowest BCUT2D eigenvalue weighted by molar-refractivity contribution is -0.108. The van der Waals surface area contributed by atoms with Crippen molar-refractivity contribution in [3.8, 4) is 0 Å². The first-order valence-electron chi connectivity index (χ1n) is 7.42. The topological polar surface area (TPSA) is 17.1 Å². The van der Waals surface area contributed by atoms with Crippen molar-refractivity contribution in [2.24, 2.45) is 23.7 Å². The van der Waals surface area contributed by atoms with Gasteiger partial charge >= 0.3 is 0 Å². The van der Waals surface area contributed by atoms with Crippen molar-refractivity contribution in [3.63, 3.8) is 0 Å². The van der Waals surface area contributed by atoms with Crippen LogP contribution in [-0.4, -0.2) is 12.5 Å². The molecule has 0 amide bonds. The molecule has 0 aromatic rings. The van der Waals surface area contributed by atoms with E-state index >= 15 is 0 Å². The fourth-order valence-electron chi connectivity index (χ4n) is 2.91. The number of carbonyl (C=O) groups is 1. The molecule has 0 fully saturated rings. The number of halogens is 1. The first-order valence-corrected chi connectivity index (χ1v) is 7.42. The Labute approximate surface area is 113 Å². The van der Waals surface area contributed by atoms with Gasteiger partial charge in [-0.05, 0) is 49.4 Å². The third kappa shape index (κ3) is 9.61. The number of carbonyl (C=O) groups excluding carboxylic acids is 1. The summed E-state index contributed by atoms with van der Waals surface area (Å²) in [5.41, 5.74) is 0. The number of alkyl halides is 1. The summed E-state index contributed by atoms with van der Waals surface area (Å²) in [6.07, 6.45) is 4.28. The molecule has 0 aliphatic rings. The maximum absolute atomic E-state index is 13.9. The average molecular weight is 258 g/mol. The zero-order valence-corrected chi connectivity index (χ0v) is 12.8. The van der Waals surface area contributed by atoms with E-state index in [2.05, 4.69) is 34.6 Å². The van der Waals surface area contributed by atoms with Crippen LogP contribution in [0.1, 0.15) is 66.7 Å². The van der Waals surface area contributed by atoms with E-state index in [9.17, 15) is 9.18 Å². The molecule has 0 aromatic heterocycles. The molecular formula is C16H31FO. The summed E-state index contributed by atoms with van der Waals surface area (Å²) in [4.78, 5) is 10.4. The number of rotatable bonds is 10. The Morgan fingerprint density at radius 1 is 0.833 bits per heavy atom. The second-order valence-corrected chi connectivity index (χ2v) is 6.65. The predicted octanol–water partition coefficient (Wildman–Crippen LogP) is 5.04. The van der Waals surface area contributed by atoms with Crippen molar-refractivity contribution in [1.82, 2.24) is 0 Å². The second-order valence-electron chi connectivity index (χ2n) is 6.65. The minimum absolute atomic E-state index is 0.376. The Bertz CT molecular complexity index is 215. The van der Waals surface area contributed by atoms with Gasteiger partial charge in [0.1, 0.15) is 12.5 Å². The van der Waals surface area contributed by atoms with Gasteiger partial charge in [-0.15, -0.1) is 0 Å². The SMILES string of the molecule is CC(C)CC(C)CC(F)CC(C)CC(C)CC=O. The first kappa shape index (κ1) is 17.6. The Hall–Kier alpha value is -0.400. The number of hydrogen-bond donors (Lipinski definition) is 0. The third-order valence-corrected chi connectivity index (χ3v) is 3.49. The third-order valence-electron chi connectivity index (χ3n) is 3.49. The van der Waals surface area contributed by atoms with Crippen LogP contribution in [0.15, 0.2) is 0 Å². The molecule has 0 aliphatic heterocycles. The molecule has 0 saturated heterocycles. The lowest BCUT2D eigenvalue weighted by Gasteiger charge is -2.20. The normalized spacial score (nSPS) is 18.4. The molecule has 0 N–H and O–H groups in total. The van der Waals surface area contributed by atoms with Gasteiger partial charge in [0.15, 0.2) is 0 Å². The molecule has 0 heterocycles. The predicted molar refractivity (Wildman–Crippen MR) is 76.4 cm³/mol. The molecule has 0 spiro atoms. The van der Waals surface area contributed by atoms with Crippen LogP contribution in [0.3, 0.4) is 0 Å². The summed E-state index contributed by atoms with van der Waals surface area (Å²) in [6.45, 7) is 10.7. The summed E-state index contributed by atoms with van der Waals surface area (Å²) in [6, 6.07) is 0. The van der Waals surface area contributed by atoms with E-state index in [1.165, 1.54) is 0 Å². The molecule has 108 valence electrons. The summed E-state index contributed by atoms with van der Waals surface area (Å²) in [7, 11) is 0. The highest BCUT2D eigenvalue weighted by atomic mass is 19.1. The lowest BCUT2D eigenvalue weighted by atomic mass is 9.87. The van der Waals surface area contributed by atoms with E-state index in [1.807, 2.05) is 0 Å². The van der Waals surface area contributed by atoms with Crippen LogP contribution >= 0.6 is 0 Å². The number of hydrogen-bond acceptors (Lipinski definition) is 1. The summed E-state index contributed by atoms with van der Waals surface area (Å²) in [5.74, 6) is 1.89. The molecule has 0 bridgehead atoms. The molecule has 0 saturated carbocycles. The van der Waals surface area contributed by atoms with E-state index in [0.717, 1.165) is 19.1 Å². The van der Waals surface area contributed by atoms with Crippen LogP contribution in [0, 0.1) is 23.7 Å². The standard InChI is InChI=1S/C16H31FO/c1-12(2)8-14(4)10-16(17)11-15(5)9-13(3)6-7-18/h7,12-16H,6,8-11H2,1-5H3. The van der Waals surface area contributed by atoms with E-state index in [1.54, 1.807) is 0 Å². The van der Waals surface area contributed by atoms with Gasteiger partial charge in [0.05, 0.1) is 0 Å². The summed E-state index contributed by atoms with van der Waals surface area (Å²) >= 11 is 0. The van der Waals surface area contributed by atoms with E-state index in [4.69, 9.17) is 0 Å². The zero-order chi connectivity index (χ0) is 14.1. The van der Waals surface area contributed by atoms with Crippen molar-refractivity contribution < 1.29 is 9.18 Å². The Kier molecular flexibility index (Phi) is 9.31. The lowest BCUT2D eigenvalue weighted by Crippen LogP contribution is -2.14. The minimum Gasteiger partial charge on any atom is -0.303 e. The molecule has 0 radical (unpaired) electrons. The minimum atomic E-state index is -0.683. The van der Waals surface area contributed by atoms with Crippen LogP contribution in [0.25, 0.3) is 0 Å². The van der Waals surface area contributed by atoms with Crippen molar-refractivity contribution in [3.05, 3.63) is 0 Å². The van der Waals surface area contributed by atoms with Gasteiger partial charge in [0, 0.05) is 6.42 Å². The molecule has 18 heavy (non-hydrogen) atoms. The molecular weight excluding hydrogens is 227 g/mol. The van der Waals surface area contributed by atoms with E-state index in [0.29, 0.717) is 42.9 Å². The van der Waals surface area contributed by atoms with Crippen LogP contribution < -0.4 is 0 Å². The van der Waals surface area contributed by atoms with Gasteiger partial charge in [0.25, 0.3) is 0 Å². The van der Waals surface area contributed by atoms with Crippen molar-refractivity contribution in [2.45, 2.75) is 72.9 Å². The Balaban J connectivity index is 3.85. The monoisotopic (exact) mass is 258 g/mol. The fraction of sp³-hybridized carbons (Fsp3) is 0.938. The molecule has 0 aromatic carbocycles. The fourth-order valence-corrected chi connectivity index (χ4v) is 2.91. The highest BCUT2D eigenvalue weighted by Gasteiger charge is 2.17. The van der Waals surface area contributed by atoms with Crippen LogP contribution in [0.5, 0.6) is 0 Å². The van der Waals surface area contributed by atoms with Crippen molar-refractivity contribution in [2.75, 3.05) is 0 Å². The Morgan fingerprint density at radius 3 is 1.78 bits per heavy atom. The van der Waals surface area contributed by atoms with Crippen molar-refractivity contribution in [1.29, 1.82) is 0 Å². The van der Waals surface area contributed by atoms with Crippen LogP contribution in [0.2, 0.25) is 0 Å². The second kappa shape index (κ2) is 9.52. The maximum atomic E-state index is 13.9. The van der Waals surface area contributed by atoms with Gasteiger partial charge < -0.3 is 4.79 Å². The highest BCUT2D eigenvalue weighted by Crippen LogP contribution is 2.25. The van der Waals surface area contributed by atoms with Crippen LogP contribution in [-0.2, 0) is 4.79 Å². The maximum Gasteiger partial charge on any atom is 0.120 e. The molecule has 4 atom stereocenters. The first-order chi connectivity index (χ1) is 8.35. The molecule has 4 unspecified atom stereocenters. The van der Waals surface area contributed by atoms with Gasteiger partial charge in [-0.2, -0.15) is 0 Å². The summed E-state index contributed by atoms with van der Waals surface area (Å²) < 4.78 is 13.9. The molecule has 1 nitrogen and oxygen atoms in total. The van der Waals surface area contributed by atoms with E-state index in [-0.39, 0.29) is 0 Å². The van der Waals surface area contributed by atoms with Gasteiger partial charge in [-0.3, -0.25) is 0 Å². The smallest absolute Gasteiger partial charge is 0.120 e. The van der Waals surface area contributed by atoms with Gasteiger partial charge in [0.2, 0.25) is 0 Å². The zero-order valence-electron chi connectivity index (χ0n) is 12.8. The Morgan fingerprint density at radius 2 is 1.33 bits per heavy atom. The molecule has 2 heteroatoms. The number of aldehydes is 1. The van der Waals surface area contributed by atoms with Gasteiger partial charge in [-0.1, -0.05) is 34.6 Å². The van der Waals surface area contributed by atoms with Crippen LogP contribution in [0.4, 0.5) is 4.39 Å². The van der Waals surface area contributed by atoms with Crippen molar-refractivity contribution >= 4 is 6.29 Å². The summed E-state index contributed by atoms with van der Waals surface area (Å²) in [5, 5.41) is 0. The highest BCUT2D eigenvalue weighted by molar-refractivity contribution is 5.49. The average Bonchev–Trinajstić information content (AvgIpc) is 2.14. The quantitative estimate of drug-likeness (QED) is 0.502. The largest absolute Gasteiger partial charge is 0.303 e. The van der Waals surface area contributed by atoms with E-state index < -0.39 is 6.17 Å². The van der Waals surface area contributed by atoms with Gasteiger partial charge in [-0.25, -0.2) is 4.39 Å². The molecule has 0 aliphatic carbocycles.